The molecule has 0 amide bonds. The first-order valence-corrected chi connectivity index (χ1v) is 15.6. The third-order valence-electron chi connectivity index (χ3n) is 9.71. The van der Waals surface area contributed by atoms with Crippen LogP contribution < -0.4 is 0 Å². The van der Waals surface area contributed by atoms with Gasteiger partial charge in [-0.15, -0.1) is 0 Å². The lowest BCUT2D eigenvalue weighted by Crippen LogP contribution is -1.93. The highest BCUT2D eigenvalue weighted by Gasteiger charge is 2.18. The number of rotatable bonds is 2. The molecular formula is C42H24N2O2. The van der Waals surface area contributed by atoms with Crippen LogP contribution in [0.5, 0.6) is 0 Å². The van der Waals surface area contributed by atoms with Crippen molar-refractivity contribution in [2.75, 3.05) is 0 Å². The molecule has 0 aliphatic heterocycles. The van der Waals surface area contributed by atoms with Crippen molar-refractivity contribution >= 4 is 87.5 Å². The summed E-state index contributed by atoms with van der Waals surface area (Å²) in [5.41, 5.74) is 11.6. The number of fused-ring (bicyclic) bond motifs is 12. The largest absolute Gasteiger partial charge is 0.456 e. The normalized spacial score (nSPS) is 12.3. The summed E-state index contributed by atoms with van der Waals surface area (Å²) in [7, 11) is 0. The second-order valence-electron chi connectivity index (χ2n) is 12.2. The number of aromatic amines is 1. The van der Waals surface area contributed by atoms with Gasteiger partial charge in [0.25, 0.3) is 0 Å². The highest BCUT2D eigenvalue weighted by atomic mass is 16.3. The summed E-state index contributed by atoms with van der Waals surface area (Å²) in [6.45, 7) is 0. The van der Waals surface area contributed by atoms with E-state index in [-0.39, 0.29) is 0 Å². The number of nitrogens with zero attached hydrogens (tertiary/aromatic N) is 1. The molecule has 4 heteroatoms. The highest BCUT2D eigenvalue weighted by molar-refractivity contribution is 6.19. The molecule has 0 aliphatic rings. The van der Waals surface area contributed by atoms with Crippen LogP contribution in [0.4, 0.5) is 0 Å². The molecular weight excluding hydrogens is 564 g/mol. The molecule has 11 rings (SSSR count). The number of hydrogen-bond donors (Lipinski definition) is 1. The van der Waals surface area contributed by atoms with Gasteiger partial charge in [0.15, 0.2) is 0 Å². The minimum atomic E-state index is 0.901. The molecule has 214 valence electrons. The lowest BCUT2D eigenvalue weighted by molar-refractivity contribution is 0.669. The Balaban J connectivity index is 1.16. The molecule has 11 aromatic rings. The van der Waals surface area contributed by atoms with Crippen LogP contribution >= 0.6 is 0 Å². The van der Waals surface area contributed by atoms with Gasteiger partial charge in [0.2, 0.25) is 0 Å². The lowest BCUT2D eigenvalue weighted by atomic mass is 10.00. The summed E-state index contributed by atoms with van der Waals surface area (Å²) in [4.78, 5) is 3.63. The Kier molecular flexibility index (Phi) is 4.55. The van der Waals surface area contributed by atoms with Gasteiger partial charge in [-0.25, -0.2) is 0 Å². The van der Waals surface area contributed by atoms with Crippen molar-refractivity contribution in [3.63, 3.8) is 0 Å². The first-order valence-electron chi connectivity index (χ1n) is 15.6. The first kappa shape index (κ1) is 24.1. The molecule has 7 aromatic carbocycles. The molecule has 0 fully saturated rings. The summed E-state index contributed by atoms with van der Waals surface area (Å²) < 4.78 is 14.9. The van der Waals surface area contributed by atoms with E-state index in [9.17, 15) is 0 Å². The minimum absolute atomic E-state index is 0.901. The molecule has 0 radical (unpaired) electrons. The van der Waals surface area contributed by atoms with E-state index in [0.717, 1.165) is 66.1 Å². The fourth-order valence-electron chi connectivity index (χ4n) is 7.57. The Morgan fingerprint density at radius 1 is 0.370 bits per heavy atom. The van der Waals surface area contributed by atoms with Crippen molar-refractivity contribution in [1.82, 2.24) is 9.55 Å². The van der Waals surface area contributed by atoms with Gasteiger partial charge in [-0.2, -0.15) is 0 Å². The maximum atomic E-state index is 6.33. The summed E-state index contributed by atoms with van der Waals surface area (Å²) in [5, 5.41) is 9.40. The van der Waals surface area contributed by atoms with E-state index >= 15 is 0 Å². The number of H-pyrrole nitrogens is 1. The summed E-state index contributed by atoms with van der Waals surface area (Å²) in [6.07, 6.45) is 0. The average molecular weight is 589 g/mol. The average Bonchev–Trinajstić information content (AvgIpc) is 3.84. The van der Waals surface area contributed by atoms with Gasteiger partial charge in [0.1, 0.15) is 22.3 Å². The number of furan rings is 2. The van der Waals surface area contributed by atoms with E-state index in [1.54, 1.807) is 0 Å². The Labute approximate surface area is 261 Å². The number of nitrogens with one attached hydrogen (secondary N) is 1. The molecule has 4 aromatic heterocycles. The third kappa shape index (κ3) is 3.22. The summed E-state index contributed by atoms with van der Waals surface area (Å²) >= 11 is 0. The van der Waals surface area contributed by atoms with Crippen molar-refractivity contribution in [3.05, 3.63) is 140 Å². The molecule has 0 atom stereocenters. The molecule has 0 unspecified atom stereocenters. The Morgan fingerprint density at radius 3 is 1.72 bits per heavy atom. The summed E-state index contributed by atoms with van der Waals surface area (Å²) in [5.74, 6) is 0. The molecule has 0 spiro atoms. The minimum Gasteiger partial charge on any atom is -0.456 e. The van der Waals surface area contributed by atoms with Gasteiger partial charge in [-0.3, -0.25) is 0 Å². The monoisotopic (exact) mass is 588 g/mol. The van der Waals surface area contributed by atoms with Crippen molar-refractivity contribution in [2.45, 2.75) is 0 Å². The van der Waals surface area contributed by atoms with Crippen molar-refractivity contribution in [3.8, 4) is 16.8 Å². The van der Waals surface area contributed by atoms with Crippen LogP contribution in [-0.4, -0.2) is 9.55 Å². The van der Waals surface area contributed by atoms with E-state index < -0.39 is 0 Å². The fourth-order valence-corrected chi connectivity index (χ4v) is 7.57. The van der Waals surface area contributed by atoms with E-state index in [0.29, 0.717) is 0 Å². The molecule has 46 heavy (non-hydrogen) atoms. The van der Waals surface area contributed by atoms with Gasteiger partial charge < -0.3 is 18.4 Å². The maximum Gasteiger partial charge on any atom is 0.137 e. The maximum absolute atomic E-state index is 6.33. The Bertz CT molecular complexity index is 3020. The second kappa shape index (κ2) is 8.68. The van der Waals surface area contributed by atoms with Gasteiger partial charge in [0, 0.05) is 66.4 Å². The molecule has 1 N–H and O–H groups in total. The molecule has 0 aliphatic carbocycles. The van der Waals surface area contributed by atoms with Gasteiger partial charge >= 0.3 is 0 Å². The van der Waals surface area contributed by atoms with Gasteiger partial charge in [-0.1, -0.05) is 66.7 Å². The van der Waals surface area contributed by atoms with Crippen molar-refractivity contribution in [2.24, 2.45) is 0 Å². The standard InChI is InChI=1S/C42H24N2O2/c1-2-8-26(9-3-1)44-37-17-15-25(19-31(37)32-21-34-28-11-5-7-13-40(28)46-42(34)23-38(32)44)24-14-16-35-29(18-24)30-20-33-27-10-4-6-12-39(27)45-41(33)22-36(30)43-35/h1-23,43H. The Hall–Kier alpha value is -6.26. The Morgan fingerprint density at radius 2 is 0.957 bits per heavy atom. The van der Waals surface area contributed by atoms with E-state index in [1.165, 1.54) is 38.2 Å². The zero-order valence-electron chi connectivity index (χ0n) is 24.5. The van der Waals surface area contributed by atoms with Crippen LogP contribution in [0, 0.1) is 0 Å². The summed E-state index contributed by atoms with van der Waals surface area (Å²) in [6, 6.07) is 49.7. The van der Waals surface area contributed by atoms with Crippen LogP contribution in [0.15, 0.2) is 148 Å². The van der Waals surface area contributed by atoms with Gasteiger partial charge in [0.05, 0.1) is 16.6 Å². The predicted octanol–water partition coefficient (Wildman–Crippen LogP) is 11.9. The fraction of sp³-hybridized carbons (Fsp3) is 0. The number of para-hydroxylation sites is 3. The van der Waals surface area contributed by atoms with Crippen molar-refractivity contribution in [1.29, 1.82) is 0 Å². The molecule has 0 saturated carbocycles. The van der Waals surface area contributed by atoms with Crippen molar-refractivity contribution < 1.29 is 8.83 Å². The van der Waals surface area contributed by atoms with Crippen LogP contribution in [0.25, 0.3) is 104 Å². The number of hydrogen-bond acceptors (Lipinski definition) is 2. The smallest absolute Gasteiger partial charge is 0.137 e. The highest BCUT2D eigenvalue weighted by Crippen LogP contribution is 2.41. The molecule has 0 bridgehead atoms. The first-order chi connectivity index (χ1) is 22.8. The molecule has 0 saturated heterocycles. The number of aromatic nitrogens is 2. The van der Waals surface area contributed by atoms with Crippen LogP contribution in [0.2, 0.25) is 0 Å². The van der Waals surface area contributed by atoms with E-state index in [2.05, 4.69) is 125 Å². The van der Waals surface area contributed by atoms with Crippen LogP contribution in [-0.2, 0) is 0 Å². The molecule has 4 heterocycles. The van der Waals surface area contributed by atoms with E-state index in [4.69, 9.17) is 8.83 Å². The van der Waals surface area contributed by atoms with E-state index in [1.807, 2.05) is 24.3 Å². The quantitative estimate of drug-likeness (QED) is 0.218. The van der Waals surface area contributed by atoms with Crippen LogP contribution in [0.1, 0.15) is 0 Å². The zero-order valence-corrected chi connectivity index (χ0v) is 24.5. The topological polar surface area (TPSA) is 47.0 Å². The molecule has 4 nitrogen and oxygen atoms in total. The zero-order chi connectivity index (χ0) is 29.9. The van der Waals surface area contributed by atoms with Crippen LogP contribution in [0.3, 0.4) is 0 Å². The van der Waals surface area contributed by atoms with Gasteiger partial charge in [-0.05, 0) is 71.8 Å². The SMILES string of the molecule is c1ccc(-n2c3ccc(-c4ccc5[nH]c6cc7oc8ccccc8c7cc6c5c4)cc3c3cc4c(cc32)oc2ccccc24)cc1. The second-order valence-corrected chi connectivity index (χ2v) is 12.2. The lowest BCUT2D eigenvalue weighted by Gasteiger charge is -2.08. The predicted molar refractivity (Wildman–Crippen MR) is 190 cm³/mol. The number of benzene rings is 7. The third-order valence-corrected chi connectivity index (χ3v) is 9.71.